The number of allylic oxidation sites excluding steroid dienone is 8. The molecule has 0 aliphatic heterocycles. The van der Waals surface area contributed by atoms with Gasteiger partial charge in [-0.1, -0.05) is 307 Å². The van der Waals surface area contributed by atoms with Crippen LogP contribution in [0.25, 0.3) is 0 Å². The number of rotatable bonds is 58. The van der Waals surface area contributed by atoms with Gasteiger partial charge in [0.25, 0.3) is 0 Å². The molecular weight excluding hydrogens is 889 g/mol. The van der Waals surface area contributed by atoms with Gasteiger partial charge in [-0.3, -0.25) is 14.4 Å². The van der Waals surface area contributed by atoms with Crippen LogP contribution in [0.4, 0.5) is 0 Å². The van der Waals surface area contributed by atoms with E-state index in [-0.39, 0.29) is 31.1 Å². The molecule has 0 aliphatic rings. The van der Waals surface area contributed by atoms with Crippen molar-refractivity contribution in [3.05, 3.63) is 48.6 Å². The monoisotopic (exact) mass is 1010 g/mol. The number of hydrogen-bond donors (Lipinski definition) is 0. The fourth-order valence-corrected chi connectivity index (χ4v) is 9.38. The van der Waals surface area contributed by atoms with Crippen molar-refractivity contribution in [1.29, 1.82) is 0 Å². The summed E-state index contributed by atoms with van der Waals surface area (Å²) < 4.78 is 16.8. The molecule has 0 aromatic carbocycles. The minimum absolute atomic E-state index is 0.0796. The molecule has 420 valence electrons. The maximum atomic E-state index is 12.8. The second-order valence-corrected chi connectivity index (χ2v) is 21.3. The van der Waals surface area contributed by atoms with Crippen molar-refractivity contribution in [2.45, 2.75) is 341 Å². The summed E-state index contributed by atoms with van der Waals surface area (Å²) in [5.74, 6) is -0.895. The van der Waals surface area contributed by atoms with Gasteiger partial charge in [-0.25, -0.2) is 0 Å². The van der Waals surface area contributed by atoms with Gasteiger partial charge in [0.05, 0.1) is 0 Å². The Labute approximate surface area is 448 Å². The molecule has 0 rings (SSSR count). The molecule has 6 heteroatoms. The standard InChI is InChI=1S/C66H120O6/c1-4-7-10-13-16-18-20-22-24-26-27-28-29-30-31-32-33-34-35-36-37-38-40-41-43-45-47-50-53-56-59-65(68)71-62-63(61-70-64(67)58-55-52-49-15-12-9-6-3)72-66(69)60-57-54-51-48-46-44-42-39-25-23-21-19-17-14-11-8-5-2/h8,11,17,19,23,25,42,44,63H,4-7,9-10,12-16,18,20-22,24,26-41,43,45-62H2,1-3H3/b11-8-,19-17-,25-23-,44-42-. The van der Waals surface area contributed by atoms with Crippen LogP contribution >= 0.6 is 0 Å². The lowest BCUT2D eigenvalue weighted by Crippen LogP contribution is -2.30. The summed E-state index contributed by atoms with van der Waals surface area (Å²) in [7, 11) is 0. The largest absolute Gasteiger partial charge is 0.462 e. The van der Waals surface area contributed by atoms with E-state index in [0.717, 1.165) is 96.3 Å². The third-order valence-electron chi connectivity index (χ3n) is 14.1. The molecule has 0 fully saturated rings. The van der Waals surface area contributed by atoms with E-state index in [2.05, 4.69) is 69.4 Å². The maximum Gasteiger partial charge on any atom is 0.306 e. The summed E-state index contributed by atoms with van der Waals surface area (Å²) in [4.78, 5) is 38.0. The van der Waals surface area contributed by atoms with Crippen molar-refractivity contribution in [3.63, 3.8) is 0 Å². The summed E-state index contributed by atoms with van der Waals surface area (Å²) >= 11 is 0. The second kappa shape index (κ2) is 60.9. The average molecular weight is 1010 g/mol. The average Bonchev–Trinajstić information content (AvgIpc) is 3.38. The van der Waals surface area contributed by atoms with Gasteiger partial charge in [-0.05, 0) is 57.8 Å². The zero-order valence-electron chi connectivity index (χ0n) is 48.2. The van der Waals surface area contributed by atoms with Crippen molar-refractivity contribution in [2.75, 3.05) is 13.2 Å². The first-order chi connectivity index (χ1) is 35.5. The van der Waals surface area contributed by atoms with Crippen molar-refractivity contribution in [2.24, 2.45) is 0 Å². The molecule has 0 saturated heterocycles. The summed E-state index contributed by atoms with van der Waals surface area (Å²) in [5.41, 5.74) is 0. The normalized spacial score (nSPS) is 12.3. The van der Waals surface area contributed by atoms with E-state index >= 15 is 0 Å². The number of hydrogen-bond acceptors (Lipinski definition) is 6. The fourth-order valence-electron chi connectivity index (χ4n) is 9.38. The summed E-state index contributed by atoms with van der Waals surface area (Å²) in [6.45, 7) is 6.51. The zero-order valence-corrected chi connectivity index (χ0v) is 48.2. The molecule has 0 spiro atoms. The Morgan fingerprint density at radius 1 is 0.292 bits per heavy atom. The van der Waals surface area contributed by atoms with Crippen molar-refractivity contribution in [3.8, 4) is 0 Å². The van der Waals surface area contributed by atoms with Gasteiger partial charge in [-0.2, -0.15) is 0 Å². The van der Waals surface area contributed by atoms with E-state index in [9.17, 15) is 14.4 Å². The minimum atomic E-state index is -0.781. The number of esters is 3. The van der Waals surface area contributed by atoms with Crippen LogP contribution in [0.15, 0.2) is 48.6 Å². The van der Waals surface area contributed by atoms with Crippen LogP contribution in [-0.4, -0.2) is 37.2 Å². The number of carbonyl (C=O) groups excluding carboxylic acids is 3. The molecule has 0 heterocycles. The molecule has 0 radical (unpaired) electrons. The molecule has 1 atom stereocenters. The fraction of sp³-hybridized carbons (Fsp3) is 0.833. The lowest BCUT2D eigenvalue weighted by molar-refractivity contribution is -0.167. The van der Waals surface area contributed by atoms with E-state index < -0.39 is 6.10 Å². The lowest BCUT2D eigenvalue weighted by atomic mass is 10.0. The van der Waals surface area contributed by atoms with Crippen LogP contribution in [-0.2, 0) is 28.6 Å². The Bertz CT molecular complexity index is 1250. The topological polar surface area (TPSA) is 78.9 Å². The van der Waals surface area contributed by atoms with Crippen LogP contribution in [0.1, 0.15) is 335 Å². The summed E-state index contributed by atoms with van der Waals surface area (Å²) in [6, 6.07) is 0. The molecule has 0 bridgehead atoms. The quantitative estimate of drug-likeness (QED) is 0.0261. The number of carbonyl (C=O) groups is 3. The summed E-state index contributed by atoms with van der Waals surface area (Å²) in [6.07, 6.45) is 75.9. The van der Waals surface area contributed by atoms with Crippen LogP contribution in [0.2, 0.25) is 0 Å². The van der Waals surface area contributed by atoms with E-state index in [4.69, 9.17) is 14.2 Å². The Morgan fingerprint density at radius 2 is 0.542 bits per heavy atom. The van der Waals surface area contributed by atoms with Crippen LogP contribution in [0.5, 0.6) is 0 Å². The molecule has 0 aromatic heterocycles. The van der Waals surface area contributed by atoms with Crippen LogP contribution in [0, 0.1) is 0 Å². The van der Waals surface area contributed by atoms with Gasteiger partial charge in [0.1, 0.15) is 13.2 Å². The van der Waals surface area contributed by atoms with E-state index in [1.165, 1.54) is 199 Å². The first-order valence-electron chi connectivity index (χ1n) is 31.6. The van der Waals surface area contributed by atoms with Gasteiger partial charge in [0.2, 0.25) is 0 Å². The molecule has 1 unspecified atom stereocenters. The molecule has 0 saturated carbocycles. The first-order valence-corrected chi connectivity index (χ1v) is 31.6. The number of ether oxygens (including phenoxy) is 3. The zero-order chi connectivity index (χ0) is 52.2. The van der Waals surface area contributed by atoms with Gasteiger partial charge in [-0.15, -0.1) is 0 Å². The first kappa shape index (κ1) is 69.4. The lowest BCUT2D eigenvalue weighted by Gasteiger charge is -2.18. The third kappa shape index (κ3) is 58.3. The van der Waals surface area contributed by atoms with E-state index in [0.29, 0.717) is 19.3 Å². The van der Waals surface area contributed by atoms with Gasteiger partial charge < -0.3 is 14.2 Å². The Hall–Kier alpha value is -2.63. The van der Waals surface area contributed by atoms with Crippen molar-refractivity contribution < 1.29 is 28.6 Å². The second-order valence-electron chi connectivity index (χ2n) is 21.3. The van der Waals surface area contributed by atoms with Crippen molar-refractivity contribution >= 4 is 17.9 Å². The molecule has 0 aliphatic carbocycles. The van der Waals surface area contributed by atoms with Crippen LogP contribution in [0.3, 0.4) is 0 Å². The van der Waals surface area contributed by atoms with Gasteiger partial charge >= 0.3 is 17.9 Å². The number of unbranched alkanes of at least 4 members (excludes halogenated alkanes) is 39. The third-order valence-corrected chi connectivity index (χ3v) is 14.1. The Kier molecular flexibility index (Phi) is 58.7. The molecular formula is C66H120O6. The maximum absolute atomic E-state index is 12.8. The molecule has 0 amide bonds. The Morgan fingerprint density at radius 3 is 0.847 bits per heavy atom. The highest BCUT2D eigenvalue weighted by Crippen LogP contribution is 2.18. The van der Waals surface area contributed by atoms with E-state index in [1.807, 2.05) is 0 Å². The highest BCUT2D eigenvalue weighted by Gasteiger charge is 2.19. The summed E-state index contributed by atoms with van der Waals surface area (Å²) in [5, 5.41) is 0. The smallest absolute Gasteiger partial charge is 0.306 e. The Balaban J connectivity index is 4.03. The predicted octanol–water partition coefficient (Wildman–Crippen LogP) is 21.4. The molecule has 0 N–H and O–H groups in total. The predicted molar refractivity (Wildman–Crippen MR) is 312 cm³/mol. The van der Waals surface area contributed by atoms with Gasteiger partial charge in [0.15, 0.2) is 6.10 Å². The molecule has 72 heavy (non-hydrogen) atoms. The highest BCUT2D eigenvalue weighted by atomic mass is 16.6. The highest BCUT2D eigenvalue weighted by molar-refractivity contribution is 5.71. The van der Waals surface area contributed by atoms with Crippen molar-refractivity contribution in [1.82, 2.24) is 0 Å². The van der Waals surface area contributed by atoms with Crippen LogP contribution < -0.4 is 0 Å². The molecule has 0 aromatic rings. The minimum Gasteiger partial charge on any atom is -0.462 e. The molecule has 6 nitrogen and oxygen atoms in total. The SMILES string of the molecule is CC/C=C\C/C=C\C/C=C\C/C=C\CCCCCCC(=O)OC(COC(=O)CCCCCCCCC)COC(=O)CCCCCCCCCCCCCCCCCCCCCCCCCCCCCCCC. The van der Waals surface area contributed by atoms with Gasteiger partial charge in [0, 0.05) is 19.3 Å². The van der Waals surface area contributed by atoms with E-state index in [1.54, 1.807) is 0 Å².